The maximum atomic E-state index is 12.3. The van der Waals surface area contributed by atoms with Crippen molar-refractivity contribution in [1.29, 1.82) is 0 Å². The smallest absolute Gasteiger partial charge is 0.342 e. The highest BCUT2D eigenvalue weighted by molar-refractivity contribution is 7.78. The molecule has 56 valence electrons. The number of thiocarbonyl (C=S) groups is 1. The van der Waals surface area contributed by atoms with Crippen molar-refractivity contribution < 1.29 is 13.9 Å². The average Bonchev–Trinajstić information content (AvgIpc) is 1.98. The van der Waals surface area contributed by atoms with Crippen molar-refractivity contribution in [3.63, 3.8) is 0 Å². The maximum Gasteiger partial charge on any atom is 0.342 e. The topological polar surface area (TPSA) is 38.7 Å². The molecule has 0 rings (SSSR count). The number of esters is 1. The number of hydrogen-bond acceptors (Lipinski definition) is 4. The fraction of sp³-hybridized carbons (Fsp3) is 0.600. The van der Waals surface area contributed by atoms with Crippen LogP contribution in [0.4, 0.5) is 4.39 Å². The van der Waals surface area contributed by atoms with Crippen LogP contribution in [0.15, 0.2) is 4.99 Å². The van der Waals surface area contributed by atoms with Crippen LogP contribution in [0, 0.1) is 0 Å². The monoisotopic (exact) mass is 163 g/mol. The molecule has 0 fully saturated rings. The number of rotatable bonds is 3. The molecule has 0 heterocycles. The van der Waals surface area contributed by atoms with Crippen LogP contribution in [0.25, 0.3) is 0 Å². The summed E-state index contributed by atoms with van der Waals surface area (Å²) >= 11 is 4.16. The predicted octanol–water partition coefficient (Wildman–Crippen LogP) is 0.600. The second-order valence-corrected chi connectivity index (χ2v) is 1.61. The normalized spacial score (nSPS) is 11.4. The van der Waals surface area contributed by atoms with E-state index in [1.807, 2.05) is 5.16 Å². The lowest BCUT2D eigenvalue weighted by Crippen LogP contribution is -2.19. The molecule has 0 saturated heterocycles. The molecule has 0 amide bonds. The van der Waals surface area contributed by atoms with E-state index in [1.54, 1.807) is 0 Å². The van der Waals surface area contributed by atoms with Crippen molar-refractivity contribution in [2.45, 2.75) is 6.17 Å². The number of halogens is 1. The van der Waals surface area contributed by atoms with Gasteiger partial charge >= 0.3 is 5.97 Å². The molecule has 5 heteroatoms. The quantitative estimate of drug-likeness (QED) is 0.347. The van der Waals surface area contributed by atoms with Crippen molar-refractivity contribution in [3.8, 4) is 0 Å². The molecule has 1 atom stereocenters. The van der Waals surface area contributed by atoms with Gasteiger partial charge in [0.1, 0.15) is 0 Å². The summed E-state index contributed by atoms with van der Waals surface area (Å²) in [7, 11) is 1.11. The number of carbonyl (C=O) groups excluding carboxylic acids is 1. The largest absolute Gasteiger partial charge is 0.467 e. The molecule has 0 radical (unpaired) electrons. The van der Waals surface area contributed by atoms with E-state index >= 15 is 0 Å². The lowest BCUT2D eigenvalue weighted by Gasteiger charge is -1.99. The Morgan fingerprint density at radius 2 is 2.60 bits per heavy atom. The highest BCUT2D eigenvalue weighted by Gasteiger charge is 2.15. The van der Waals surface area contributed by atoms with Crippen molar-refractivity contribution in [3.05, 3.63) is 0 Å². The molecule has 0 spiro atoms. The third-order valence-corrected chi connectivity index (χ3v) is 0.902. The van der Waals surface area contributed by atoms with Gasteiger partial charge in [0.25, 0.3) is 0 Å². The van der Waals surface area contributed by atoms with Crippen LogP contribution in [0.3, 0.4) is 0 Å². The number of alkyl halides is 1. The molecule has 0 aromatic rings. The van der Waals surface area contributed by atoms with E-state index in [4.69, 9.17) is 0 Å². The molecule has 0 aromatic heterocycles. The number of nitrogens with zero attached hydrogens (tertiary/aromatic N) is 1. The summed E-state index contributed by atoms with van der Waals surface area (Å²) in [5.74, 6) is -0.936. The first-order valence-electron chi connectivity index (χ1n) is 2.48. The number of carbonyl (C=O) groups is 1. The maximum absolute atomic E-state index is 12.3. The molecule has 0 aliphatic heterocycles. The zero-order valence-electron chi connectivity index (χ0n) is 5.33. The molecule has 0 saturated carbocycles. The summed E-state index contributed by atoms with van der Waals surface area (Å²) < 4.78 is 16.4. The lowest BCUT2D eigenvalue weighted by atomic mass is 10.4. The minimum atomic E-state index is -1.72. The standard InChI is InChI=1S/C5H6FNO2S/c1-9-5(8)4(6)2-7-3-10/h4H,2H2,1H3/t4-/m0/s1. The summed E-state index contributed by atoms with van der Waals surface area (Å²) in [4.78, 5) is 13.5. The minimum Gasteiger partial charge on any atom is -0.467 e. The van der Waals surface area contributed by atoms with Crippen molar-refractivity contribution in [2.75, 3.05) is 13.7 Å². The third kappa shape index (κ3) is 3.27. The number of hydrogen-bond donors (Lipinski definition) is 0. The first-order chi connectivity index (χ1) is 4.72. The summed E-state index contributed by atoms with van der Waals surface area (Å²) in [6, 6.07) is 0. The number of aliphatic imine (C=N–C) groups is 1. The zero-order valence-corrected chi connectivity index (χ0v) is 6.15. The minimum absolute atomic E-state index is 0.309. The Kier molecular flexibility index (Phi) is 4.62. The van der Waals surface area contributed by atoms with Gasteiger partial charge in [0.15, 0.2) is 0 Å². The predicted molar refractivity (Wildman–Crippen MR) is 36.8 cm³/mol. The van der Waals surface area contributed by atoms with Gasteiger partial charge in [0, 0.05) is 0 Å². The Hall–Kier alpha value is -0.800. The average molecular weight is 163 g/mol. The molecule has 10 heavy (non-hydrogen) atoms. The van der Waals surface area contributed by atoms with Crippen LogP contribution in [-0.2, 0) is 9.53 Å². The third-order valence-electron chi connectivity index (χ3n) is 0.773. The Bertz CT molecular complexity index is 167. The number of isothiocyanates is 1. The Morgan fingerprint density at radius 3 is 3.00 bits per heavy atom. The number of methoxy groups -OCH3 is 1. The molecule has 0 aliphatic rings. The van der Waals surface area contributed by atoms with Crippen LogP contribution in [0.1, 0.15) is 0 Å². The molecule has 0 bridgehead atoms. The van der Waals surface area contributed by atoms with Crippen LogP contribution < -0.4 is 0 Å². The summed E-state index contributed by atoms with van der Waals surface area (Å²) in [6.07, 6.45) is -1.72. The highest BCUT2D eigenvalue weighted by atomic mass is 32.1. The second-order valence-electron chi connectivity index (χ2n) is 1.42. The van der Waals surface area contributed by atoms with Gasteiger partial charge in [0.05, 0.1) is 18.8 Å². The van der Waals surface area contributed by atoms with Gasteiger partial charge in [-0.15, -0.1) is 0 Å². The fourth-order valence-electron chi connectivity index (χ4n) is 0.320. The van der Waals surface area contributed by atoms with Crippen LogP contribution in [0.2, 0.25) is 0 Å². The first-order valence-corrected chi connectivity index (χ1v) is 2.88. The molecular weight excluding hydrogens is 157 g/mol. The van der Waals surface area contributed by atoms with Crippen LogP contribution in [-0.4, -0.2) is 31.0 Å². The van der Waals surface area contributed by atoms with Gasteiger partial charge < -0.3 is 4.74 Å². The molecule has 0 aliphatic carbocycles. The highest BCUT2D eigenvalue weighted by Crippen LogP contribution is 1.93. The van der Waals surface area contributed by atoms with Crippen molar-refractivity contribution >= 4 is 23.3 Å². The summed E-state index contributed by atoms with van der Waals surface area (Å²) in [5.41, 5.74) is 0. The second kappa shape index (κ2) is 5.02. The van der Waals surface area contributed by atoms with Crippen molar-refractivity contribution in [1.82, 2.24) is 0 Å². The van der Waals surface area contributed by atoms with E-state index in [2.05, 4.69) is 21.9 Å². The SMILES string of the molecule is COC(=O)[C@@H](F)CN=C=S. The van der Waals surface area contributed by atoms with Gasteiger partial charge in [0.2, 0.25) is 6.17 Å². The van der Waals surface area contributed by atoms with E-state index in [0.29, 0.717) is 0 Å². The molecule has 3 nitrogen and oxygen atoms in total. The van der Waals surface area contributed by atoms with Gasteiger partial charge in [-0.3, -0.25) is 0 Å². The van der Waals surface area contributed by atoms with E-state index in [1.165, 1.54) is 0 Å². The van der Waals surface area contributed by atoms with E-state index < -0.39 is 12.1 Å². The van der Waals surface area contributed by atoms with E-state index in [-0.39, 0.29) is 6.54 Å². The zero-order chi connectivity index (χ0) is 7.98. The summed E-state index contributed by atoms with van der Waals surface area (Å²) in [5, 5.41) is 1.94. The number of ether oxygens (including phenoxy) is 1. The molecular formula is C5H6FNO2S. The van der Waals surface area contributed by atoms with E-state index in [0.717, 1.165) is 7.11 Å². The Balaban J connectivity index is 3.72. The van der Waals surface area contributed by atoms with Gasteiger partial charge in [-0.1, -0.05) is 0 Å². The Morgan fingerprint density at radius 1 is 2.00 bits per heavy atom. The first kappa shape index (κ1) is 9.20. The fourth-order valence-corrected chi connectivity index (χ4v) is 0.394. The molecule has 0 aromatic carbocycles. The van der Waals surface area contributed by atoms with Gasteiger partial charge in [-0.05, 0) is 12.2 Å². The summed E-state index contributed by atoms with van der Waals surface area (Å²) in [6.45, 7) is -0.309. The van der Waals surface area contributed by atoms with Gasteiger partial charge in [-0.25, -0.2) is 14.2 Å². The molecule has 0 unspecified atom stereocenters. The van der Waals surface area contributed by atoms with Crippen molar-refractivity contribution in [2.24, 2.45) is 4.99 Å². The van der Waals surface area contributed by atoms with E-state index in [9.17, 15) is 9.18 Å². The lowest BCUT2D eigenvalue weighted by molar-refractivity contribution is -0.146. The van der Waals surface area contributed by atoms with Crippen LogP contribution in [0.5, 0.6) is 0 Å². The Labute approximate surface area is 62.9 Å². The van der Waals surface area contributed by atoms with Gasteiger partial charge in [-0.2, -0.15) is 0 Å². The molecule has 0 N–H and O–H groups in total. The van der Waals surface area contributed by atoms with Crippen LogP contribution >= 0.6 is 12.2 Å².